The minimum atomic E-state index is -0.833. The number of nitrogens with zero attached hydrogens (tertiary/aromatic N) is 1. The number of hydrogen-bond donors (Lipinski definition) is 0. The lowest BCUT2D eigenvalue weighted by atomic mass is 9.60. The van der Waals surface area contributed by atoms with Crippen molar-refractivity contribution in [2.24, 2.45) is 5.41 Å². The SMILES string of the molecule is N#CC1(c2ccc(F)cc2)CCC2(CC1)C(=O)CCC2=O. The number of carbonyl (C=O) groups is 2. The summed E-state index contributed by atoms with van der Waals surface area (Å²) in [5, 5.41) is 9.61. The van der Waals surface area contributed by atoms with E-state index >= 15 is 0 Å². The third-order valence-corrected chi connectivity index (χ3v) is 5.21. The van der Waals surface area contributed by atoms with Crippen LogP contribution in [-0.2, 0) is 15.0 Å². The summed E-state index contributed by atoms with van der Waals surface area (Å²) in [5.41, 5.74) is -0.762. The van der Waals surface area contributed by atoms with Crippen LogP contribution in [0, 0.1) is 22.6 Å². The van der Waals surface area contributed by atoms with Crippen molar-refractivity contribution in [3.8, 4) is 6.07 Å². The molecule has 0 N–H and O–H groups in total. The second-order valence-electron chi connectivity index (χ2n) is 6.13. The fraction of sp³-hybridized carbons (Fsp3) is 0.471. The Hall–Kier alpha value is -2.02. The highest BCUT2D eigenvalue weighted by Gasteiger charge is 2.54. The van der Waals surface area contributed by atoms with Crippen molar-refractivity contribution in [1.82, 2.24) is 0 Å². The van der Waals surface area contributed by atoms with Gasteiger partial charge in [0, 0.05) is 12.8 Å². The lowest BCUT2D eigenvalue weighted by Crippen LogP contribution is -2.42. The van der Waals surface area contributed by atoms with Crippen LogP contribution in [0.3, 0.4) is 0 Å². The van der Waals surface area contributed by atoms with Gasteiger partial charge in [-0.25, -0.2) is 4.39 Å². The second-order valence-corrected chi connectivity index (χ2v) is 6.13. The van der Waals surface area contributed by atoms with Crippen LogP contribution in [0.5, 0.6) is 0 Å². The van der Waals surface area contributed by atoms with Crippen LogP contribution < -0.4 is 0 Å². The number of rotatable bonds is 1. The van der Waals surface area contributed by atoms with Crippen LogP contribution in [0.4, 0.5) is 4.39 Å². The van der Waals surface area contributed by atoms with Crippen molar-refractivity contribution in [1.29, 1.82) is 5.26 Å². The largest absolute Gasteiger partial charge is 0.299 e. The molecule has 1 spiro atoms. The molecule has 2 fully saturated rings. The molecule has 0 saturated heterocycles. The van der Waals surface area contributed by atoms with Gasteiger partial charge < -0.3 is 0 Å². The van der Waals surface area contributed by atoms with E-state index in [0.29, 0.717) is 38.5 Å². The normalized spacial score (nSPS) is 23.2. The molecule has 3 nitrogen and oxygen atoms in total. The van der Waals surface area contributed by atoms with Crippen LogP contribution in [0.25, 0.3) is 0 Å². The maximum absolute atomic E-state index is 13.1. The van der Waals surface area contributed by atoms with Crippen LogP contribution in [0.1, 0.15) is 44.1 Å². The zero-order valence-electron chi connectivity index (χ0n) is 11.7. The van der Waals surface area contributed by atoms with E-state index < -0.39 is 10.8 Å². The summed E-state index contributed by atoms with van der Waals surface area (Å²) in [5.74, 6) is -0.253. The molecule has 0 heterocycles. The number of hydrogen-bond acceptors (Lipinski definition) is 3. The molecule has 0 atom stereocenters. The van der Waals surface area contributed by atoms with Crippen molar-refractivity contribution in [3.63, 3.8) is 0 Å². The highest BCUT2D eigenvalue weighted by atomic mass is 19.1. The maximum Gasteiger partial charge on any atom is 0.146 e. The van der Waals surface area contributed by atoms with Crippen LogP contribution in [-0.4, -0.2) is 11.6 Å². The van der Waals surface area contributed by atoms with Crippen molar-refractivity contribution >= 4 is 11.6 Å². The van der Waals surface area contributed by atoms with E-state index in [1.807, 2.05) is 0 Å². The fourth-order valence-corrected chi connectivity index (χ4v) is 3.76. The number of carbonyl (C=O) groups excluding carboxylic acids is 2. The summed E-state index contributed by atoms with van der Waals surface area (Å²) >= 11 is 0. The van der Waals surface area contributed by atoms with E-state index in [2.05, 4.69) is 6.07 Å². The summed E-state index contributed by atoms with van der Waals surface area (Å²) in [6, 6.07) is 8.32. The van der Waals surface area contributed by atoms with Gasteiger partial charge in [-0.05, 0) is 43.4 Å². The molecule has 1 aromatic carbocycles. The molecular weight excluding hydrogens is 269 g/mol. The Balaban J connectivity index is 1.89. The van der Waals surface area contributed by atoms with Gasteiger partial charge in [0.25, 0.3) is 0 Å². The summed E-state index contributed by atoms with van der Waals surface area (Å²) in [7, 11) is 0. The monoisotopic (exact) mass is 285 g/mol. The third-order valence-electron chi connectivity index (χ3n) is 5.21. The molecule has 4 heteroatoms. The third kappa shape index (κ3) is 1.99. The average Bonchev–Trinajstić information content (AvgIpc) is 2.78. The molecule has 0 aromatic heterocycles. The topological polar surface area (TPSA) is 57.9 Å². The van der Waals surface area contributed by atoms with Crippen LogP contribution >= 0.6 is 0 Å². The smallest absolute Gasteiger partial charge is 0.146 e. The minimum Gasteiger partial charge on any atom is -0.299 e. The average molecular weight is 285 g/mol. The number of nitriles is 1. The lowest BCUT2D eigenvalue weighted by molar-refractivity contribution is -0.137. The van der Waals surface area contributed by atoms with Crippen LogP contribution in [0.15, 0.2) is 24.3 Å². The first-order valence-electron chi connectivity index (χ1n) is 7.26. The van der Waals surface area contributed by atoms with Gasteiger partial charge in [0.1, 0.15) is 17.4 Å². The van der Waals surface area contributed by atoms with E-state index in [1.165, 1.54) is 12.1 Å². The molecular formula is C17H16FNO2. The first-order valence-corrected chi connectivity index (χ1v) is 7.26. The van der Waals surface area contributed by atoms with E-state index in [-0.39, 0.29) is 17.4 Å². The molecule has 0 amide bonds. The van der Waals surface area contributed by atoms with Gasteiger partial charge in [-0.1, -0.05) is 12.1 Å². The van der Waals surface area contributed by atoms with Gasteiger partial charge in [0.2, 0.25) is 0 Å². The Labute approximate surface area is 122 Å². The maximum atomic E-state index is 13.1. The van der Waals surface area contributed by atoms with E-state index in [9.17, 15) is 19.2 Å². The minimum absolute atomic E-state index is 0.0399. The number of benzene rings is 1. The first-order chi connectivity index (χ1) is 10.0. The first kappa shape index (κ1) is 13.9. The zero-order chi connectivity index (χ0) is 15.1. The van der Waals surface area contributed by atoms with Gasteiger partial charge in [0.05, 0.1) is 16.9 Å². The van der Waals surface area contributed by atoms with Crippen molar-refractivity contribution in [3.05, 3.63) is 35.6 Å². The molecule has 0 bridgehead atoms. The molecule has 0 aliphatic heterocycles. The standard InChI is InChI=1S/C17H16FNO2/c18-13-3-1-12(2-4-13)16(11-19)7-9-17(10-8-16)14(20)5-6-15(17)21/h1-4H,5-10H2. The Morgan fingerprint density at radius 1 is 0.952 bits per heavy atom. The quantitative estimate of drug-likeness (QED) is 0.745. The van der Waals surface area contributed by atoms with Gasteiger partial charge in [-0.3, -0.25) is 9.59 Å². The molecule has 108 valence electrons. The Morgan fingerprint density at radius 2 is 1.48 bits per heavy atom. The summed E-state index contributed by atoms with van der Waals surface area (Å²) in [4.78, 5) is 24.2. The number of ketones is 2. The summed E-state index contributed by atoms with van der Waals surface area (Å²) in [6.07, 6.45) is 2.52. The second kappa shape index (κ2) is 4.77. The predicted molar refractivity (Wildman–Crippen MR) is 73.8 cm³/mol. The number of halogens is 1. The number of Topliss-reactive ketones (excluding diaryl/α,β-unsaturated/α-hetero) is 2. The molecule has 0 radical (unpaired) electrons. The van der Waals surface area contributed by atoms with Gasteiger partial charge in [-0.2, -0.15) is 5.26 Å². The highest BCUT2D eigenvalue weighted by Crippen LogP contribution is 2.50. The summed E-state index contributed by atoms with van der Waals surface area (Å²) < 4.78 is 13.1. The van der Waals surface area contributed by atoms with Crippen molar-refractivity contribution < 1.29 is 14.0 Å². The van der Waals surface area contributed by atoms with E-state index in [4.69, 9.17) is 0 Å². The van der Waals surface area contributed by atoms with E-state index in [0.717, 1.165) is 5.56 Å². The summed E-state index contributed by atoms with van der Waals surface area (Å²) in [6.45, 7) is 0. The zero-order valence-corrected chi connectivity index (χ0v) is 11.7. The lowest BCUT2D eigenvalue weighted by Gasteiger charge is -2.39. The molecule has 0 unspecified atom stereocenters. The molecule has 2 saturated carbocycles. The molecule has 2 aliphatic rings. The Bertz CT molecular complexity index is 616. The Morgan fingerprint density at radius 3 is 1.95 bits per heavy atom. The van der Waals surface area contributed by atoms with Gasteiger partial charge >= 0.3 is 0 Å². The van der Waals surface area contributed by atoms with Gasteiger partial charge in [-0.15, -0.1) is 0 Å². The Kier molecular flexibility index (Phi) is 3.16. The highest BCUT2D eigenvalue weighted by molar-refractivity contribution is 6.12. The van der Waals surface area contributed by atoms with Gasteiger partial charge in [0.15, 0.2) is 0 Å². The van der Waals surface area contributed by atoms with Crippen molar-refractivity contribution in [2.75, 3.05) is 0 Å². The molecule has 3 rings (SSSR count). The molecule has 1 aromatic rings. The fourth-order valence-electron chi connectivity index (χ4n) is 3.76. The predicted octanol–water partition coefficient (Wildman–Crippen LogP) is 3.08. The van der Waals surface area contributed by atoms with Crippen LogP contribution in [0.2, 0.25) is 0 Å². The molecule has 2 aliphatic carbocycles. The molecule has 21 heavy (non-hydrogen) atoms. The van der Waals surface area contributed by atoms with E-state index in [1.54, 1.807) is 12.1 Å². The van der Waals surface area contributed by atoms with Crippen molar-refractivity contribution in [2.45, 2.75) is 43.9 Å².